The fourth-order valence-electron chi connectivity index (χ4n) is 1.25. The van der Waals surface area contributed by atoms with Crippen LogP contribution in [-0.4, -0.2) is 40.3 Å². The summed E-state index contributed by atoms with van der Waals surface area (Å²) in [5.41, 5.74) is 0. The third-order valence-electron chi connectivity index (χ3n) is 2.19. The number of carbonyl (C=O) groups excluding carboxylic acids is 1. The summed E-state index contributed by atoms with van der Waals surface area (Å²) < 4.78 is 15.6. The summed E-state index contributed by atoms with van der Waals surface area (Å²) in [6.07, 6.45) is -0.144. The number of amides is 1. The first-order valence-electron chi connectivity index (χ1n) is 5.04. The standard InChI is InChI=1S/C9H12Cl2FN3O2S/c1-3-5(17-2)6(16)13-7-9(10,11)8(15-14-7)18-4-12/h5H,3-4H2,1-2H3,(H,13,14,16). The van der Waals surface area contributed by atoms with E-state index in [1.807, 2.05) is 0 Å². The number of methoxy groups -OCH3 is 1. The Bertz CT molecular complexity index is 386. The molecule has 1 heterocycles. The molecular weight excluding hydrogens is 304 g/mol. The highest BCUT2D eigenvalue weighted by atomic mass is 35.5. The lowest BCUT2D eigenvalue weighted by Gasteiger charge is -2.19. The molecule has 18 heavy (non-hydrogen) atoms. The summed E-state index contributed by atoms with van der Waals surface area (Å²) in [7, 11) is 1.42. The predicted molar refractivity (Wildman–Crippen MR) is 72.1 cm³/mol. The molecule has 0 aromatic carbocycles. The topological polar surface area (TPSA) is 63.0 Å². The number of alkyl halides is 3. The second kappa shape index (κ2) is 6.70. The molecule has 0 fully saturated rings. The van der Waals surface area contributed by atoms with E-state index in [4.69, 9.17) is 27.9 Å². The first-order chi connectivity index (χ1) is 8.47. The maximum absolute atomic E-state index is 12.2. The number of nitrogens with one attached hydrogen (secondary N) is 1. The normalized spacial score (nSPS) is 19.2. The highest BCUT2D eigenvalue weighted by molar-refractivity contribution is 8.14. The molecule has 1 aliphatic rings. The maximum atomic E-state index is 12.2. The van der Waals surface area contributed by atoms with Gasteiger partial charge in [0.1, 0.15) is 17.2 Å². The van der Waals surface area contributed by atoms with E-state index >= 15 is 0 Å². The number of amidine groups is 1. The number of thioether (sulfide) groups is 1. The summed E-state index contributed by atoms with van der Waals surface area (Å²) in [6, 6.07) is -0.730. The van der Waals surface area contributed by atoms with Gasteiger partial charge in [0.25, 0.3) is 5.91 Å². The number of nitrogens with zero attached hydrogens (tertiary/aromatic N) is 2. The zero-order valence-electron chi connectivity index (χ0n) is 9.74. The zero-order chi connectivity index (χ0) is 13.8. The summed E-state index contributed by atoms with van der Waals surface area (Å²) in [5.74, 6) is -0.464. The van der Waals surface area contributed by atoms with Gasteiger partial charge >= 0.3 is 0 Å². The summed E-state index contributed by atoms with van der Waals surface area (Å²) in [4.78, 5) is 11.7. The van der Waals surface area contributed by atoms with Crippen molar-refractivity contribution in [3.05, 3.63) is 0 Å². The van der Waals surface area contributed by atoms with Crippen LogP contribution in [0.4, 0.5) is 4.39 Å². The van der Waals surface area contributed by atoms with Crippen molar-refractivity contribution in [2.45, 2.75) is 23.8 Å². The SMILES string of the molecule is CCC(OC)C(=O)NC1=NN=C(SCF)C1(Cl)Cl. The Kier molecular flexibility index (Phi) is 5.84. The largest absolute Gasteiger partial charge is 0.372 e. The average molecular weight is 316 g/mol. The number of rotatable bonds is 4. The fraction of sp³-hybridized carbons (Fsp3) is 0.667. The van der Waals surface area contributed by atoms with Crippen molar-refractivity contribution in [2.75, 3.05) is 13.1 Å². The molecule has 0 saturated carbocycles. The lowest BCUT2D eigenvalue weighted by Crippen LogP contribution is -2.47. The molecular formula is C9H12Cl2FN3O2S. The van der Waals surface area contributed by atoms with Crippen LogP contribution in [-0.2, 0) is 9.53 Å². The van der Waals surface area contributed by atoms with Gasteiger partial charge in [-0.2, -0.15) is 0 Å². The number of halogens is 3. The van der Waals surface area contributed by atoms with Crippen molar-refractivity contribution >= 4 is 51.8 Å². The summed E-state index contributed by atoms with van der Waals surface area (Å²) >= 11 is 12.7. The van der Waals surface area contributed by atoms with E-state index < -0.39 is 22.4 Å². The molecule has 0 radical (unpaired) electrons. The van der Waals surface area contributed by atoms with Crippen molar-refractivity contribution in [3.63, 3.8) is 0 Å². The Labute approximate surface area is 118 Å². The van der Waals surface area contributed by atoms with Gasteiger partial charge in [-0.05, 0) is 6.42 Å². The lowest BCUT2D eigenvalue weighted by atomic mass is 10.2. The van der Waals surface area contributed by atoms with E-state index in [9.17, 15) is 9.18 Å². The lowest BCUT2D eigenvalue weighted by molar-refractivity contribution is -0.129. The van der Waals surface area contributed by atoms with Crippen molar-refractivity contribution in [1.82, 2.24) is 5.32 Å². The van der Waals surface area contributed by atoms with Crippen LogP contribution >= 0.6 is 35.0 Å². The second-order valence-corrected chi connectivity index (χ2v) is 5.52. The molecule has 1 amide bonds. The van der Waals surface area contributed by atoms with Crippen LogP contribution < -0.4 is 5.32 Å². The zero-order valence-corrected chi connectivity index (χ0v) is 12.1. The Morgan fingerprint density at radius 1 is 1.61 bits per heavy atom. The van der Waals surface area contributed by atoms with Gasteiger partial charge in [0.2, 0.25) is 4.33 Å². The Morgan fingerprint density at radius 2 is 2.28 bits per heavy atom. The summed E-state index contributed by atoms with van der Waals surface area (Å²) in [6.45, 7) is 1.79. The summed E-state index contributed by atoms with van der Waals surface area (Å²) in [5, 5.41) is 9.80. The Hall–Kier alpha value is -0.370. The van der Waals surface area contributed by atoms with Gasteiger partial charge in [-0.1, -0.05) is 41.9 Å². The van der Waals surface area contributed by atoms with E-state index in [1.165, 1.54) is 7.11 Å². The number of carbonyl (C=O) groups is 1. The minimum Gasteiger partial charge on any atom is -0.372 e. The molecule has 1 atom stereocenters. The van der Waals surface area contributed by atoms with Crippen molar-refractivity contribution in [3.8, 4) is 0 Å². The number of ether oxygens (including phenoxy) is 1. The van der Waals surface area contributed by atoms with Gasteiger partial charge in [-0.3, -0.25) is 4.79 Å². The van der Waals surface area contributed by atoms with E-state index in [0.717, 1.165) is 11.8 Å². The van der Waals surface area contributed by atoms with E-state index in [-0.39, 0.29) is 10.9 Å². The molecule has 1 aliphatic heterocycles. The van der Waals surface area contributed by atoms with Gasteiger partial charge in [-0.15, -0.1) is 10.2 Å². The van der Waals surface area contributed by atoms with E-state index in [1.54, 1.807) is 6.92 Å². The molecule has 102 valence electrons. The smallest absolute Gasteiger partial charge is 0.254 e. The van der Waals surface area contributed by atoms with Gasteiger partial charge < -0.3 is 10.1 Å². The second-order valence-electron chi connectivity index (χ2n) is 3.30. The monoisotopic (exact) mass is 315 g/mol. The van der Waals surface area contributed by atoms with Gasteiger partial charge in [0.15, 0.2) is 5.84 Å². The fourth-order valence-corrected chi connectivity index (χ4v) is 2.31. The molecule has 1 rings (SSSR count). The number of hydrogen-bond acceptors (Lipinski definition) is 5. The van der Waals surface area contributed by atoms with Gasteiger partial charge in [-0.25, -0.2) is 4.39 Å². The van der Waals surface area contributed by atoms with Crippen LogP contribution in [0.3, 0.4) is 0 Å². The minimum absolute atomic E-state index is 0.0396. The van der Waals surface area contributed by atoms with E-state index in [2.05, 4.69) is 15.5 Å². The quantitative estimate of drug-likeness (QED) is 0.808. The molecule has 1 unspecified atom stereocenters. The van der Waals surface area contributed by atoms with Crippen LogP contribution in [0.2, 0.25) is 0 Å². The van der Waals surface area contributed by atoms with Crippen molar-refractivity contribution in [1.29, 1.82) is 0 Å². The van der Waals surface area contributed by atoms with Crippen LogP contribution in [0, 0.1) is 0 Å². The predicted octanol–water partition coefficient (Wildman–Crippen LogP) is 2.09. The Balaban J connectivity index is 2.69. The first kappa shape index (κ1) is 15.7. The van der Waals surface area contributed by atoms with Gasteiger partial charge in [0, 0.05) is 7.11 Å². The third kappa shape index (κ3) is 3.34. The molecule has 0 spiro atoms. The highest BCUT2D eigenvalue weighted by Crippen LogP contribution is 2.34. The van der Waals surface area contributed by atoms with Gasteiger partial charge in [0.05, 0.1) is 0 Å². The van der Waals surface area contributed by atoms with Crippen molar-refractivity contribution in [2.24, 2.45) is 10.2 Å². The first-order valence-corrected chi connectivity index (χ1v) is 6.78. The molecule has 0 aromatic heterocycles. The average Bonchev–Trinajstić information content (AvgIpc) is 2.58. The Morgan fingerprint density at radius 3 is 2.78 bits per heavy atom. The minimum atomic E-state index is -1.63. The number of hydrogen-bond donors (Lipinski definition) is 1. The van der Waals surface area contributed by atoms with Crippen LogP contribution in [0.25, 0.3) is 0 Å². The van der Waals surface area contributed by atoms with Crippen LogP contribution in [0.1, 0.15) is 13.3 Å². The van der Waals surface area contributed by atoms with Crippen molar-refractivity contribution < 1.29 is 13.9 Å². The molecule has 0 aliphatic carbocycles. The third-order valence-corrected chi connectivity index (χ3v) is 3.90. The molecule has 1 N–H and O–H groups in total. The van der Waals surface area contributed by atoms with Crippen LogP contribution in [0.5, 0.6) is 0 Å². The molecule has 0 aromatic rings. The highest BCUT2D eigenvalue weighted by Gasteiger charge is 2.43. The van der Waals surface area contributed by atoms with E-state index in [0.29, 0.717) is 6.42 Å². The molecule has 0 bridgehead atoms. The molecule has 9 heteroatoms. The molecule has 0 saturated heterocycles. The molecule has 5 nitrogen and oxygen atoms in total. The maximum Gasteiger partial charge on any atom is 0.254 e. The van der Waals surface area contributed by atoms with Crippen LogP contribution in [0.15, 0.2) is 10.2 Å².